The molecule has 1 aliphatic heterocycles. The fourth-order valence-corrected chi connectivity index (χ4v) is 1.18. The van der Waals surface area contributed by atoms with Crippen molar-refractivity contribution in [2.45, 2.75) is 32.8 Å². The Kier molecular flexibility index (Phi) is 2.49. The van der Waals surface area contributed by atoms with Gasteiger partial charge in [0, 0.05) is 5.92 Å². The summed E-state index contributed by atoms with van der Waals surface area (Å²) in [4.78, 5) is 9.86. The molecule has 0 aromatic rings. The molecular formula is C7H14O2. The minimum Gasteiger partial charge on any atom is -0.236 e. The monoisotopic (exact) mass is 130 g/mol. The Balaban J connectivity index is 2.32. The summed E-state index contributed by atoms with van der Waals surface area (Å²) in [7, 11) is 0. The highest BCUT2D eigenvalue weighted by Gasteiger charge is 2.26. The van der Waals surface area contributed by atoms with Gasteiger partial charge in [0.2, 0.25) is 0 Å². The molecule has 1 rings (SSSR count). The van der Waals surface area contributed by atoms with E-state index < -0.39 is 0 Å². The lowest BCUT2D eigenvalue weighted by molar-refractivity contribution is -0.274. The maximum atomic E-state index is 5.01. The summed E-state index contributed by atoms with van der Waals surface area (Å²) in [5.74, 6) is 0.634. The SMILES string of the molecule is CCC1COOC1CC. The third-order valence-corrected chi connectivity index (χ3v) is 1.93. The third kappa shape index (κ3) is 1.43. The van der Waals surface area contributed by atoms with Gasteiger partial charge < -0.3 is 0 Å². The molecule has 0 bridgehead atoms. The predicted octanol–water partition coefficient (Wildman–Crippen LogP) is 1.75. The maximum Gasteiger partial charge on any atom is 0.0978 e. The van der Waals surface area contributed by atoms with Crippen LogP contribution in [0.15, 0.2) is 0 Å². The van der Waals surface area contributed by atoms with Gasteiger partial charge in [-0.15, -0.1) is 0 Å². The van der Waals surface area contributed by atoms with Crippen molar-refractivity contribution >= 4 is 0 Å². The summed E-state index contributed by atoms with van der Waals surface area (Å²) < 4.78 is 0. The molecule has 1 aliphatic rings. The van der Waals surface area contributed by atoms with Gasteiger partial charge in [-0.3, -0.25) is 0 Å². The Morgan fingerprint density at radius 1 is 1.33 bits per heavy atom. The van der Waals surface area contributed by atoms with Gasteiger partial charge in [-0.2, -0.15) is 0 Å². The van der Waals surface area contributed by atoms with Crippen molar-refractivity contribution in [3.8, 4) is 0 Å². The van der Waals surface area contributed by atoms with E-state index in [-0.39, 0.29) is 0 Å². The highest BCUT2D eigenvalue weighted by Crippen LogP contribution is 2.22. The van der Waals surface area contributed by atoms with Crippen LogP contribution in [0.3, 0.4) is 0 Å². The number of rotatable bonds is 2. The first-order chi connectivity index (χ1) is 4.38. The molecule has 0 aromatic carbocycles. The van der Waals surface area contributed by atoms with E-state index >= 15 is 0 Å². The van der Waals surface area contributed by atoms with Crippen LogP contribution in [0.5, 0.6) is 0 Å². The normalized spacial score (nSPS) is 35.3. The Labute approximate surface area is 56.1 Å². The van der Waals surface area contributed by atoms with Crippen LogP contribution in [0, 0.1) is 5.92 Å². The first-order valence-corrected chi connectivity index (χ1v) is 3.66. The van der Waals surface area contributed by atoms with Gasteiger partial charge in [-0.25, -0.2) is 9.78 Å². The Morgan fingerprint density at radius 2 is 2.11 bits per heavy atom. The van der Waals surface area contributed by atoms with Crippen LogP contribution < -0.4 is 0 Å². The van der Waals surface area contributed by atoms with E-state index in [0.29, 0.717) is 12.0 Å². The van der Waals surface area contributed by atoms with Gasteiger partial charge in [-0.1, -0.05) is 13.8 Å². The van der Waals surface area contributed by atoms with Crippen molar-refractivity contribution in [2.75, 3.05) is 6.61 Å². The molecule has 54 valence electrons. The van der Waals surface area contributed by atoms with Crippen molar-refractivity contribution in [2.24, 2.45) is 5.92 Å². The average molecular weight is 130 g/mol. The van der Waals surface area contributed by atoms with Gasteiger partial charge in [0.15, 0.2) is 0 Å². The van der Waals surface area contributed by atoms with Crippen LogP contribution in [0.4, 0.5) is 0 Å². The standard InChI is InChI=1S/C7H14O2/c1-3-6-5-8-9-7(6)4-2/h6-7H,3-5H2,1-2H3. The number of hydrogen-bond acceptors (Lipinski definition) is 2. The average Bonchev–Trinajstić information content (AvgIpc) is 2.33. The summed E-state index contributed by atoms with van der Waals surface area (Å²) >= 11 is 0. The summed E-state index contributed by atoms with van der Waals surface area (Å²) in [6.45, 7) is 5.09. The highest BCUT2D eigenvalue weighted by molar-refractivity contribution is 4.68. The lowest BCUT2D eigenvalue weighted by Crippen LogP contribution is -2.14. The fraction of sp³-hybridized carbons (Fsp3) is 1.00. The molecule has 9 heavy (non-hydrogen) atoms. The smallest absolute Gasteiger partial charge is 0.0978 e. The zero-order valence-electron chi connectivity index (χ0n) is 6.09. The van der Waals surface area contributed by atoms with Gasteiger partial charge in [0.25, 0.3) is 0 Å². The van der Waals surface area contributed by atoms with Crippen LogP contribution in [0.25, 0.3) is 0 Å². The molecule has 0 aliphatic carbocycles. The van der Waals surface area contributed by atoms with Gasteiger partial charge >= 0.3 is 0 Å². The summed E-state index contributed by atoms with van der Waals surface area (Å²) in [5, 5.41) is 0. The molecule has 0 saturated carbocycles. The molecule has 0 aromatic heterocycles. The minimum atomic E-state index is 0.356. The molecule has 2 unspecified atom stereocenters. The molecule has 1 saturated heterocycles. The molecule has 2 nitrogen and oxygen atoms in total. The Hall–Kier alpha value is -0.0800. The van der Waals surface area contributed by atoms with Crippen molar-refractivity contribution in [1.29, 1.82) is 0 Å². The topological polar surface area (TPSA) is 18.5 Å². The van der Waals surface area contributed by atoms with Crippen LogP contribution in [0.2, 0.25) is 0 Å². The van der Waals surface area contributed by atoms with E-state index in [1.165, 1.54) is 6.42 Å². The van der Waals surface area contributed by atoms with Crippen LogP contribution in [0.1, 0.15) is 26.7 Å². The van der Waals surface area contributed by atoms with Gasteiger partial charge in [-0.05, 0) is 12.8 Å². The van der Waals surface area contributed by atoms with E-state index in [4.69, 9.17) is 9.78 Å². The van der Waals surface area contributed by atoms with Crippen molar-refractivity contribution in [1.82, 2.24) is 0 Å². The zero-order valence-corrected chi connectivity index (χ0v) is 6.09. The first kappa shape index (κ1) is 7.03. The molecular weight excluding hydrogens is 116 g/mol. The maximum absolute atomic E-state index is 5.01. The second kappa shape index (κ2) is 3.18. The molecule has 0 N–H and O–H groups in total. The highest BCUT2D eigenvalue weighted by atomic mass is 17.2. The Bertz CT molecular complexity index is 73.0. The van der Waals surface area contributed by atoms with Gasteiger partial charge in [0.1, 0.15) is 0 Å². The lowest BCUT2D eigenvalue weighted by Gasteiger charge is -2.09. The van der Waals surface area contributed by atoms with E-state index in [9.17, 15) is 0 Å². The molecule has 1 heterocycles. The van der Waals surface area contributed by atoms with E-state index in [2.05, 4.69) is 13.8 Å². The van der Waals surface area contributed by atoms with Crippen LogP contribution >= 0.6 is 0 Å². The molecule has 2 atom stereocenters. The van der Waals surface area contributed by atoms with Crippen LogP contribution in [-0.4, -0.2) is 12.7 Å². The Morgan fingerprint density at radius 3 is 2.56 bits per heavy atom. The third-order valence-electron chi connectivity index (χ3n) is 1.93. The molecule has 1 fully saturated rings. The van der Waals surface area contributed by atoms with Gasteiger partial charge in [0.05, 0.1) is 12.7 Å². The molecule has 0 amide bonds. The van der Waals surface area contributed by atoms with E-state index in [0.717, 1.165) is 13.0 Å². The minimum absolute atomic E-state index is 0.356. The first-order valence-electron chi connectivity index (χ1n) is 3.66. The molecule has 0 spiro atoms. The second-order valence-electron chi connectivity index (χ2n) is 2.50. The molecule has 2 heteroatoms. The second-order valence-corrected chi connectivity index (χ2v) is 2.50. The zero-order chi connectivity index (χ0) is 6.69. The summed E-state index contributed by atoms with van der Waals surface area (Å²) in [5.41, 5.74) is 0. The fourth-order valence-electron chi connectivity index (χ4n) is 1.18. The summed E-state index contributed by atoms with van der Waals surface area (Å²) in [6, 6.07) is 0. The molecule has 0 radical (unpaired) electrons. The van der Waals surface area contributed by atoms with Crippen molar-refractivity contribution < 1.29 is 9.78 Å². The lowest BCUT2D eigenvalue weighted by atomic mass is 10.00. The van der Waals surface area contributed by atoms with E-state index in [1.54, 1.807) is 0 Å². The van der Waals surface area contributed by atoms with E-state index in [1.807, 2.05) is 0 Å². The van der Waals surface area contributed by atoms with Crippen LogP contribution in [-0.2, 0) is 9.78 Å². The predicted molar refractivity (Wildman–Crippen MR) is 34.9 cm³/mol. The van der Waals surface area contributed by atoms with Crippen molar-refractivity contribution in [3.63, 3.8) is 0 Å². The largest absolute Gasteiger partial charge is 0.236 e. The van der Waals surface area contributed by atoms with Crippen molar-refractivity contribution in [3.05, 3.63) is 0 Å². The number of hydrogen-bond donors (Lipinski definition) is 0. The summed E-state index contributed by atoms with van der Waals surface area (Å²) in [6.07, 6.45) is 2.59. The quantitative estimate of drug-likeness (QED) is 0.530.